The second-order valence-corrected chi connectivity index (χ2v) is 5.16. The first kappa shape index (κ1) is 13.4. The van der Waals surface area contributed by atoms with Crippen LogP contribution in [0.15, 0.2) is 79.1 Å². The second-order valence-electron chi connectivity index (χ2n) is 5.16. The molecule has 2 heteroatoms. The third kappa shape index (κ3) is 3.11. The third-order valence-electron chi connectivity index (χ3n) is 3.75. The zero-order valence-corrected chi connectivity index (χ0v) is 11.8. The number of nitrogen functional groups attached to an aromatic ring is 1. The van der Waals surface area contributed by atoms with Crippen LogP contribution in [-0.4, -0.2) is 4.98 Å². The Balaban J connectivity index is 2.02. The van der Waals surface area contributed by atoms with Crippen LogP contribution in [0.25, 0.3) is 0 Å². The van der Waals surface area contributed by atoms with Crippen LogP contribution in [-0.2, 0) is 6.42 Å². The van der Waals surface area contributed by atoms with E-state index < -0.39 is 0 Å². The molecule has 2 nitrogen and oxygen atoms in total. The number of nitrogens with zero attached hydrogens (tertiary/aromatic N) is 1. The molecule has 0 aliphatic carbocycles. The summed E-state index contributed by atoms with van der Waals surface area (Å²) in [6, 6.07) is 23.0. The summed E-state index contributed by atoms with van der Waals surface area (Å²) in [5.74, 6) is 0.247. The number of benzene rings is 2. The van der Waals surface area contributed by atoms with E-state index in [0.29, 0.717) is 0 Å². The first-order valence-corrected chi connectivity index (χ1v) is 7.13. The number of pyridine rings is 1. The molecule has 0 fully saturated rings. The number of anilines is 1. The molecule has 1 atom stereocenters. The van der Waals surface area contributed by atoms with Crippen LogP contribution in [0.3, 0.4) is 0 Å². The van der Waals surface area contributed by atoms with E-state index in [9.17, 15) is 0 Å². The average Bonchev–Trinajstić information content (AvgIpc) is 2.55. The van der Waals surface area contributed by atoms with E-state index in [4.69, 9.17) is 5.73 Å². The molecule has 3 rings (SSSR count). The molecule has 0 saturated carbocycles. The van der Waals surface area contributed by atoms with Crippen LogP contribution in [0.4, 0.5) is 5.69 Å². The van der Waals surface area contributed by atoms with Crippen LogP contribution in [0.5, 0.6) is 0 Å². The minimum atomic E-state index is 0.247. The number of hydrogen-bond donors (Lipinski definition) is 1. The Hall–Kier alpha value is -2.61. The standard InChI is InChI=1S/C19H18N2/c20-19-14-21-12-11-17(19)18(16-9-5-2-6-10-16)13-15-7-3-1-4-8-15/h1-12,14,18H,13,20H2. The molecule has 0 aliphatic heterocycles. The molecule has 0 bridgehead atoms. The summed E-state index contributed by atoms with van der Waals surface area (Å²) < 4.78 is 0. The Bertz CT molecular complexity index is 693. The normalized spacial score (nSPS) is 12.0. The summed E-state index contributed by atoms with van der Waals surface area (Å²) in [6.07, 6.45) is 4.47. The Morgan fingerprint density at radius 3 is 2.19 bits per heavy atom. The highest BCUT2D eigenvalue weighted by Gasteiger charge is 2.17. The van der Waals surface area contributed by atoms with Gasteiger partial charge in [-0.05, 0) is 29.2 Å². The Labute approximate surface area is 125 Å². The molecule has 104 valence electrons. The molecular formula is C19H18N2. The van der Waals surface area contributed by atoms with Crippen LogP contribution in [0.2, 0.25) is 0 Å². The summed E-state index contributed by atoms with van der Waals surface area (Å²) in [5, 5.41) is 0. The molecule has 3 aromatic rings. The molecular weight excluding hydrogens is 256 g/mol. The maximum Gasteiger partial charge on any atom is 0.0539 e. The van der Waals surface area contributed by atoms with Crippen molar-refractivity contribution in [2.24, 2.45) is 0 Å². The smallest absolute Gasteiger partial charge is 0.0539 e. The quantitative estimate of drug-likeness (QED) is 0.780. The molecule has 2 N–H and O–H groups in total. The van der Waals surface area contributed by atoms with E-state index in [1.807, 2.05) is 24.4 Å². The molecule has 0 aliphatic rings. The summed E-state index contributed by atoms with van der Waals surface area (Å²) in [6.45, 7) is 0. The van der Waals surface area contributed by atoms with Gasteiger partial charge in [0, 0.05) is 12.1 Å². The molecule has 0 radical (unpaired) electrons. The van der Waals surface area contributed by atoms with Gasteiger partial charge in [0.15, 0.2) is 0 Å². The highest BCUT2D eigenvalue weighted by atomic mass is 14.7. The lowest BCUT2D eigenvalue weighted by molar-refractivity contribution is 0.805. The molecule has 0 saturated heterocycles. The Morgan fingerprint density at radius 2 is 1.52 bits per heavy atom. The van der Waals surface area contributed by atoms with E-state index in [1.165, 1.54) is 11.1 Å². The summed E-state index contributed by atoms with van der Waals surface area (Å²) in [4.78, 5) is 4.10. The topological polar surface area (TPSA) is 38.9 Å². The first-order valence-electron chi connectivity index (χ1n) is 7.13. The second kappa shape index (κ2) is 6.23. The van der Waals surface area contributed by atoms with Gasteiger partial charge >= 0.3 is 0 Å². The van der Waals surface area contributed by atoms with Gasteiger partial charge in [-0.15, -0.1) is 0 Å². The van der Waals surface area contributed by atoms with Crippen molar-refractivity contribution in [1.82, 2.24) is 4.98 Å². The lowest BCUT2D eigenvalue weighted by Gasteiger charge is -2.19. The van der Waals surface area contributed by atoms with Crippen molar-refractivity contribution < 1.29 is 0 Å². The zero-order chi connectivity index (χ0) is 14.5. The molecule has 0 spiro atoms. The number of rotatable bonds is 4. The third-order valence-corrected chi connectivity index (χ3v) is 3.75. The number of aromatic nitrogens is 1. The maximum absolute atomic E-state index is 6.15. The summed E-state index contributed by atoms with van der Waals surface area (Å²) >= 11 is 0. The van der Waals surface area contributed by atoms with Gasteiger partial charge in [-0.3, -0.25) is 4.98 Å². The van der Waals surface area contributed by atoms with Gasteiger partial charge in [-0.2, -0.15) is 0 Å². The van der Waals surface area contributed by atoms with Crippen molar-refractivity contribution >= 4 is 5.69 Å². The van der Waals surface area contributed by atoms with E-state index in [2.05, 4.69) is 53.5 Å². The molecule has 1 aromatic heterocycles. The van der Waals surface area contributed by atoms with E-state index in [-0.39, 0.29) is 5.92 Å². The fraction of sp³-hybridized carbons (Fsp3) is 0.105. The molecule has 1 unspecified atom stereocenters. The minimum absolute atomic E-state index is 0.247. The molecule has 1 heterocycles. The van der Waals surface area contributed by atoms with Crippen LogP contribution < -0.4 is 5.73 Å². The largest absolute Gasteiger partial charge is 0.397 e. The summed E-state index contributed by atoms with van der Waals surface area (Å²) in [5.41, 5.74) is 10.6. The average molecular weight is 274 g/mol. The van der Waals surface area contributed by atoms with Crippen molar-refractivity contribution in [3.05, 3.63) is 95.8 Å². The van der Waals surface area contributed by atoms with Gasteiger partial charge in [0.05, 0.1) is 11.9 Å². The fourth-order valence-corrected chi connectivity index (χ4v) is 2.68. The van der Waals surface area contributed by atoms with Gasteiger partial charge in [0.2, 0.25) is 0 Å². The van der Waals surface area contributed by atoms with Crippen LogP contribution >= 0.6 is 0 Å². The van der Waals surface area contributed by atoms with Crippen molar-refractivity contribution in [2.75, 3.05) is 5.73 Å². The predicted molar refractivity (Wildman–Crippen MR) is 87.1 cm³/mol. The zero-order valence-electron chi connectivity index (χ0n) is 11.8. The fourth-order valence-electron chi connectivity index (χ4n) is 2.68. The van der Waals surface area contributed by atoms with Crippen molar-refractivity contribution in [3.63, 3.8) is 0 Å². The Kier molecular flexibility index (Phi) is 3.97. The van der Waals surface area contributed by atoms with Gasteiger partial charge in [0.25, 0.3) is 0 Å². The van der Waals surface area contributed by atoms with Gasteiger partial charge < -0.3 is 5.73 Å². The maximum atomic E-state index is 6.15. The lowest BCUT2D eigenvalue weighted by Crippen LogP contribution is -2.08. The van der Waals surface area contributed by atoms with Gasteiger partial charge in [0.1, 0.15) is 0 Å². The van der Waals surface area contributed by atoms with Crippen LogP contribution in [0, 0.1) is 0 Å². The molecule has 0 amide bonds. The van der Waals surface area contributed by atoms with Gasteiger partial charge in [-0.25, -0.2) is 0 Å². The van der Waals surface area contributed by atoms with Crippen LogP contribution in [0.1, 0.15) is 22.6 Å². The SMILES string of the molecule is Nc1cnccc1C(Cc1ccccc1)c1ccccc1. The van der Waals surface area contributed by atoms with E-state index in [0.717, 1.165) is 17.7 Å². The van der Waals surface area contributed by atoms with Crippen molar-refractivity contribution in [3.8, 4) is 0 Å². The molecule has 2 aromatic carbocycles. The first-order chi connectivity index (χ1) is 10.3. The Morgan fingerprint density at radius 1 is 0.857 bits per heavy atom. The summed E-state index contributed by atoms with van der Waals surface area (Å²) in [7, 11) is 0. The van der Waals surface area contributed by atoms with Gasteiger partial charge in [-0.1, -0.05) is 60.7 Å². The highest BCUT2D eigenvalue weighted by Crippen LogP contribution is 2.31. The monoisotopic (exact) mass is 274 g/mol. The highest BCUT2D eigenvalue weighted by molar-refractivity contribution is 5.50. The van der Waals surface area contributed by atoms with Crippen molar-refractivity contribution in [2.45, 2.75) is 12.3 Å². The van der Waals surface area contributed by atoms with E-state index >= 15 is 0 Å². The van der Waals surface area contributed by atoms with E-state index in [1.54, 1.807) is 6.20 Å². The predicted octanol–water partition coefficient (Wildman–Crippen LogP) is 4.04. The number of nitrogens with two attached hydrogens (primary N) is 1. The van der Waals surface area contributed by atoms with Crippen molar-refractivity contribution in [1.29, 1.82) is 0 Å². The minimum Gasteiger partial charge on any atom is -0.397 e. The molecule has 21 heavy (non-hydrogen) atoms. The number of hydrogen-bond acceptors (Lipinski definition) is 2. The lowest BCUT2D eigenvalue weighted by atomic mass is 9.86.